The second-order valence-electron chi connectivity index (χ2n) is 8.61. The van der Waals surface area contributed by atoms with Gasteiger partial charge in [0.05, 0.1) is 12.0 Å². The van der Waals surface area contributed by atoms with Gasteiger partial charge in [0.25, 0.3) is 5.91 Å². The number of nitrogen functional groups attached to an aromatic ring is 1. The van der Waals surface area contributed by atoms with Gasteiger partial charge in [-0.15, -0.1) is 13.2 Å². The SMILES string of the molecule is NC(=O)c1cc(-c2ccc(N)nc2)ccc1OC1CCN(C(=O)Cc2ccc(OC(F)(F)F)cc2)CC1. The molecule has 0 bridgehead atoms. The van der Waals surface area contributed by atoms with Crippen LogP contribution in [-0.4, -0.2) is 47.3 Å². The number of primary amides is 1. The minimum Gasteiger partial charge on any atom is -0.489 e. The van der Waals surface area contributed by atoms with E-state index < -0.39 is 12.3 Å². The van der Waals surface area contributed by atoms with E-state index in [2.05, 4.69) is 9.72 Å². The molecule has 1 aliphatic heterocycles. The standard InChI is InChI=1S/C26H25F3N4O4/c27-26(28,29)37-20-5-1-16(2-6-20)13-24(34)33-11-9-19(10-12-33)36-22-7-3-17(14-21(22)25(31)35)18-4-8-23(30)32-15-18/h1-8,14-15,19H,9-13H2,(H2,30,32)(H2,31,35). The monoisotopic (exact) mass is 514 g/mol. The van der Waals surface area contributed by atoms with Crippen LogP contribution in [-0.2, 0) is 11.2 Å². The number of nitrogens with zero attached hydrogens (tertiary/aromatic N) is 2. The van der Waals surface area contributed by atoms with E-state index in [4.69, 9.17) is 16.2 Å². The first kappa shape index (κ1) is 25.8. The van der Waals surface area contributed by atoms with Crippen molar-refractivity contribution in [3.05, 3.63) is 71.9 Å². The lowest BCUT2D eigenvalue weighted by Gasteiger charge is -2.32. The molecule has 0 saturated carbocycles. The highest BCUT2D eigenvalue weighted by atomic mass is 19.4. The summed E-state index contributed by atoms with van der Waals surface area (Å²) in [6.07, 6.45) is -2.22. The Morgan fingerprint density at radius 1 is 1.00 bits per heavy atom. The van der Waals surface area contributed by atoms with Crippen LogP contribution < -0.4 is 20.9 Å². The summed E-state index contributed by atoms with van der Waals surface area (Å²) in [6.45, 7) is 0.889. The highest BCUT2D eigenvalue weighted by Crippen LogP contribution is 2.29. The fourth-order valence-corrected chi connectivity index (χ4v) is 4.08. The Bertz CT molecular complexity index is 1260. The third-order valence-electron chi connectivity index (χ3n) is 5.97. The molecule has 3 aromatic rings. The zero-order chi connectivity index (χ0) is 26.6. The molecule has 2 aromatic carbocycles. The summed E-state index contributed by atoms with van der Waals surface area (Å²) < 4.78 is 46.8. The number of hydrogen-bond donors (Lipinski definition) is 2. The number of pyridine rings is 1. The van der Waals surface area contributed by atoms with Crippen LogP contribution >= 0.6 is 0 Å². The molecule has 1 saturated heterocycles. The summed E-state index contributed by atoms with van der Waals surface area (Å²) in [5.41, 5.74) is 13.6. The molecule has 4 rings (SSSR count). The van der Waals surface area contributed by atoms with Gasteiger partial charge < -0.3 is 25.8 Å². The Morgan fingerprint density at radius 3 is 2.27 bits per heavy atom. The number of rotatable bonds is 7. The maximum atomic E-state index is 12.7. The van der Waals surface area contributed by atoms with Gasteiger partial charge in [0.2, 0.25) is 5.91 Å². The Labute approximate surface area is 211 Å². The number of benzene rings is 2. The Morgan fingerprint density at radius 2 is 1.68 bits per heavy atom. The van der Waals surface area contributed by atoms with Gasteiger partial charge in [-0.3, -0.25) is 9.59 Å². The summed E-state index contributed by atoms with van der Waals surface area (Å²) in [5.74, 6) is -0.348. The average molecular weight is 515 g/mol. The fraction of sp³-hybridized carbons (Fsp3) is 0.269. The maximum absolute atomic E-state index is 12.7. The average Bonchev–Trinajstić information content (AvgIpc) is 2.85. The lowest BCUT2D eigenvalue weighted by Crippen LogP contribution is -2.42. The van der Waals surface area contributed by atoms with Gasteiger partial charge in [-0.1, -0.05) is 18.2 Å². The number of ether oxygens (including phenoxy) is 2. The van der Waals surface area contributed by atoms with Gasteiger partial charge >= 0.3 is 6.36 Å². The van der Waals surface area contributed by atoms with Crippen molar-refractivity contribution >= 4 is 17.6 Å². The van der Waals surface area contributed by atoms with E-state index in [1.807, 2.05) is 0 Å². The molecule has 2 amide bonds. The van der Waals surface area contributed by atoms with Crippen LogP contribution in [0, 0.1) is 0 Å². The van der Waals surface area contributed by atoms with Gasteiger partial charge in [-0.25, -0.2) is 4.98 Å². The number of aromatic nitrogens is 1. The van der Waals surface area contributed by atoms with E-state index in [-0.39, 0.29) is 29.7 Å². The number of amides is 2. The van der Waals surface area contributed by atoms with Crippen LogP contribution in [0.4, 0.5) is 19.0 Å². The third kappa shape index (κ3) is 6.90. The molecule has 8 nitrogen and oxygen atoms in total. The number of carbonyl (C=O) groups excluding carboxylic acids is 2. The lowest BCUT2D eigenvalue weighted by molar-refractivity contribution is -0.274. The predicted molar refractivity (Wildman–Crippen MR) is 130 cm³/mol. The quantitative estimate of drug-likeness (QED) is 0.493. The largest absolute Gasteiger partial charge is 0.573 e. The van der Waals surface area contributed by atoms with Crippen LogP contribution in [0.1, 0.15) is 28.8 Å². The van der Waals surface area contributed by atoms with Crippen LogP contribution in [0.15, 0.2) is 60.8 Å². The van der Waals surface area contributed by atoms with Gasteiger partial charge in [0.1, 0.15) is 23.4 Å². The molecule has 0 spiro atoms. The van der Waals surface area contributed by atoms with Crippen molar-refractivity contribution in [2.45, 2.75) is 31.7 Å². The number of nitrogens with two attached hydrogens (primary N) is 2. The fourth-order valence-electron chi connectivity index (χ4n) is 4.08. The molecule has 11 heteroatoms. The molecule has 0 unspecified atom stereocenters. The Kier molecular flexibility index (Phi) is 7.51. The number of alkyl halides is 3. The molecule has 1 aromatic heterocycles. The summed E-state index contributed by atoms with van der Waals surface area (Å²) >= 11 is 0. The normalized spacial score (nSPS) is 14.3. The topological polar surface area (TPSA) is 121 Å². The van der Waals surface area contributed by atoms with Crippen molar-refractivity contribution in [2.75, 3.05) is 18.8 Å². The van der Waals surface area contributed by atoms with Crippen molar-refractivity contribution in [3.8, 4) is 22.6 Å². The first-order chi connectivity index (χ1) is 17.6. The molecule has 1 fully saturated rings. The molecule has 1 aliphatic rings. The minimum atomic E-state index is -4.77. The molecular formula is C26H25F3N4O4. The molecule has 0 radical (unpaired) electrons. The number of halogens is 3. The van der Waals surface area contributed by atoms with Crippen molar-refractivity contribution in [3.63, 3.8) is 0 Å². The first-order valence-corrected chi connectivity index (χ1v) is 11.5. The van der Waals surface area contributed by atoms with Crippen molar-refractivity contribution in [1.29, 1.82) is 0 Å². The number of piperidine rings is 1. The summed E-state index contributed by atoms with van der Waals surface area (Å²) in [7, 11) is 0. The number of carbonyl (C=O) groups is 2. The molecule has 194 valence electrons. The third-order valence-corrected chi connectivity index (χ3v) is 5.97. The van der Waals surface area contributed by atoms with E-state index in [0.717, 1.165) is 11.1 Å². The van der Waals surface area contributed by atoms with Gasteiger partial charge in [-0.2, -0.15) is 0 Å². The minimum absolute atomic E-state index is 0.0606. The smallest absolute Gasteiger partial charge is 0.489 e. The Hall–Kier alpha value is -4.28. The van der Waals surface area contributed by atoms with Gasteiger partial charge in [0.15, 0.2) is 0 Å². The second-order valence-corrected chi connectivity index (χ2v) is 8.61. The molecule has 37 heavy (non-hydrogen) atoms. The van der Waals surface area contributed by atoms with Crippen molar-refractivity contribution < 1.29 is 32.2 Å². The predicted octanol–water partition coefficient (Wildman–Crippen LogP) is 3.94. The van der Waals surface area contributed by atoms with Crippen LogP contribution in [0.5, 0.6) is 11.5 Å². The van der Waals surface area contributed by atoms with Crippen LogP contribution in [0.2, 0.25) is 0 Å². The van der Waals surface area contributed by atoms with E-state index in [1.165, 1.54) is 24.3 Å². The van der Waals surface area contributed by atoms with Crippen molar-refractivity contribution in [2.24, 2.45) is 5.73 Å². The first-order valence-electron chi connectivity index (χ1n) is 11.5. The molecule has 0 aliphatic carbocycles. The van der Waals surface area contributed by atoms with Gasteiger partial charge in [0, 0.05) is 37.7 Å². The zero-order valence-corrected chi connectivity index (χ0v) is 19.7. The van der Waals surface area contributed by atoms with E-state index >= 15 is 0 Å². The van der Waals surface area contributed by atoms with Gasteiger partial charge in [-0.05, 0) is 47.5 Å². The second kappa shape index (κ2) is 10.8. The molecule has 0 atom stereocenters. The van der Waals surface area contributed by atoms with E-state index in [0.29, 0.717) is 43.1 Å². The molecular weight excluding hydrogens is 489 g/mol. The molecule has 2 heterocycles. The number of likely N-dealkylation sites (tertiary alicyclic amines) is 1. The maximum Gasteiger partial charge on any atom is 0.573 e. The summed E-state index contributed by atoms with van der Waals surface area (Å²) in [5, 5.41) is 0. The van der Waals surface area contributed by atoms with Crippen molar-refractivity contribution in [1.82, 2.24) is 9.88 Å². The van der Waals surface area contributed by atoms with E-state index in [9.17, 15) is 22.8 Å². The van der Waals surface area contributed by atoms with E-state index in [1.54, 1.807) is 41.4 Å². The zero-order valence-electron chi connectivity index (χ0n) is 19.7. The van der Waals surface area contributed by atoms with Crippen LogP contribution in [0.3, 0.4) is 0 Å². The Balaban J connectivity index is 1.33. The molecule has 4 N–H and O–H groups in total. The lowest BCUT2D eigenvalue weighted by atomic mass is 10.0. The summed E-state index contributed by atoms with van der Waals surface area (Å²) in [4.78, 5) is 30.5. The van der Waals surface area contributed by atoms with Crippen LogP contribution in [0.25, 0.3) is 11.1 Å². The summed E-state index contributed by atoms with van der Waals surface area (Å²) in [6, 6.07) is 13.8. The number of hydrogen-bond acceptors (Lipinski definition) is 6. The highest BCUT2D eigenvalue weighted by molar-refractivity contribution is 5.97. The number of anilines is 1. The highest BCUT2D eigenvalue weighted by Gasteiger charge is 2.31.